The molecule has 0 fully saturated rings. The second kappa shape index (κ2) is 5.94. The van der Waals surface area contributed by atoms with Gasteiger partial charge in [0.15, 0.2) is 0 Å². The van der Waals surface area contributed by atoms with Gasteiger partial charge in [-0.15, -0.1) is 0 Å². The summed E-state index contributed by atoms with van der Waals surface area (Å²) in [6.07, 6.45) is 0.391. The van der Waals surface area contributed by atoms with Gasteiger partial charge in [0, 0.05) is 0 Å². The number of fused-ring (bicyclic) bond motifs is 1. The van der Waals surface area contributed by atoms with E-state index in [1.54, 1.807) is 31.2 Å². The van der Waals surface area contributed by atoms with E-state index >= 15 is 0 Å². The first-order chi connectivity index (χ1) is 8.39. The molecule has 0 atom stereocenters. The van der Waals surface area contributed by atoms with Crippen molar-refractivity contribution in [3.63, 3.8) is 0 Å². The van der Waals surface area contributed by atoms with E-state index in [-0.39, 0.29) is 23.8 Å². The summed E-state index contributed by atoms with van der Waals surface area (Å²) in [5.74, 6) is 0. The third kappa shape index (κ3) is 3.49. The van der Waals surface area contributed by atoms with Crippen LogP contribution in [0.25, 0.3) is 10.8 Å². The predicted octanol–water partition coefficient (Wildman–Crippen LogP) is -0.134. The molecule has 0 aliphatic rings. The van der Waals surface area contributed by atoms with Gasteiger partial charge < -0.3 is 4.55 Å². The van der Waals surface area contributed by atoms with E-state index in [4.69, 9.17) is 0 Å². The smallest absolute Gasteiger partial charge is 0.744 e. The van der Waals surface area contributed by atoms with Crippen molar-refractivity contribution < 1.29 is 31.8 Å². The third-order valence-electron chi connectivity index (χ3n) is 2.70. The van der Waals surface area contributed by atoms with Crippen LogP contribution in [0.2, 0.25) is 0 Å². The second-order valence-corrected chi connectivity index (χ2v) is 5.68. The summed E-state index contributed by atoms with van der Waals surface area (Å²) in [6.45, 7) is 5.56. The Morgan fingerprint density at radius 1 is 1.21 bits per heavy atom. The van der Waals surface area contributed by atoms with Crippen molar-refractivity contribution >= 4 is 20.9 Å². The van der Waals surface area contributed by atoms with Crippen LogP contribution in [0.5, 0.6) is 0 Å². The first kappa shape index (κ1) is 16.0. The molecule has 0 aliphatic heterocycles. The topological polar surface area (TPSA) is 57.2 Å². The molecular weight excluding hydrogens is 255 g/mol. The van der Waals surface area contributed by atoms with Gasteiger partial charge in [0.2, 0.25) is 0 Å². The molecule has 0 saturated carbocycles. The summed E-state index contributed by atoms with van der Waals surface area (Å²) in [5, 5.41) is 1.23. The van der Waals surface area contributed by atoms with Gasteiger partial charge >= 0.3 is 18.9 Å². The maximum atomic E-state index is 11.5. The molecule has 0 aliphatic carbocycles. The number of benzene rings is 2. The van der Waals surface area contributed by atoms with Crippen molar-refractivity contribution in [1.82, 2.24) is 0 Å². The van der Waals surface area contributed by atoms with Crippen LogP contribution in [0.4, 0.5) is 0 Å². The van der Waals surface area contributed by atoms with Crippen molar-refractivity contribution in [3.05, 3.63) is 54.1 Å². The average Bonchev–Trinajstić information content (AvgIpc) is 2.26. The molecule has 0 bridgehead atoms. The van der Waals surface area contributed by atoms with E-state index in [0.29, 0.717) is 17.4 Å². The van der Waals surface area contributed by atoms with Gasteiger partial charge in [-0.3, -0.25) is 0 Å². The van der Waals surface area contributed by atoms with Gasteiger partial charge in [0.25, 0.3) is 0 Å². The quantitative estimate of drug-likeness (QED) is 0.442. The van der Waals surface area contributed by atoms with Gasteiger partial charge in [-0.2, -0.15) is 0 Å². The minimum Gasteiger partial charge on any atom is -0.744 e. The minimum atomic E-state index is -4.50. The molecule has 19 heavy (non-hydrogen) atoms. The maximum absolute atomic E-state index is 11.5. The molecule has 94 valence electrons. The molecule has 0 saturated heterocycles. The fraction of sp³-hybridized carbons (Fsp3) is 0.143. The van der Waals surface area contributed by atoms with E-state index in [0.717, 1.165) is 11.0 Å². The molecule has 0 spiro atoms. The number of allylic oxidation sites excluding steroid dienone is 1. The maximum Gasteiger partial charge on any atom is 1.00 e. The fourth-order valence-corrected chi connectivity index (χ4v) is 2.96. The Morgan fingerprint density at radius 2 is 1.84 bits per heavy atom. The van der Waals surface area contributed by atoms with Gasteiger partial charge in [0.05, 0.1) is 4.90 Å². The SMILES string of the molecule is C=C(C)Cc1ccc2ccccc2c1S(=O)(=O)[O-].[Li+]. The van der Waals surface area contributed by atoms with Gasteiger partial charge in [-0.25, -0.2) is 8.42 Å². The Bertz CT molecular complexity index is 721. The first-order valence-corrected chi connectivity index (χ1v) is 6.91. The van der Waals surface area contributed by atoms with Crippen LogP contribution >= 0.6 is 0 Å². The van der Waals surface area contributed by atoms with Crippen LogP contribution in [0, 0.1) is 0 Å². The van der Waals surface area contributed by atoms with Crippen LogP contribution in [-0.2, 0) is 16.5 Å². The van der Waals surface area contributed by atoms with Crippen LogP contribution in [0.15, 0.2) is 53.4 Å². The molecule has 0 amide bonds. The normalized spacial score (nSPS) is 11.1. The van der Waals surface area contributed by atoms with Crippen LogP contribution in [-0.4, -0.2) is 13.0 Å². The van der Waals surface area contributed by atoms with Crippen molar-refractivity contribution in [1.29, 1.82) is 0 Å². The zero-order valence-electron chi connectivity index (χ0n) is 11.0. The monoisotopic (exact) mass is 268 g/mol. The van der Waals surface area contributed by atoms with E-state index in [2.05, 4.69) is 6.58 Å². The Labute approximate surface area is 125 Å². The summed E-state index contributed by atoms with van der Waals surface area (Å²) in [6, 6.07) is 10.5. The summed E-state index contributed by atoms with van der Waals surface area (Å²) in [5.41, 5.74) is 1.33. The van der Waals surface area contributed by atoms with Gasteiger partial charge in [-0.1, -0.05) is 48.6 Å². The first-order valence-electron chi connectivity index (χ1n) is 5.50. The number of hydrogen-bond donors (Lipinski definition) is 0. The number of rotatable bonds is 3. The van der Waals surface area contributed by atoms with Crippen molar-refractivity contribution in [2.45, 2.75) is 18.2 Å². The molecule has 0 heterocycles. The summed E-state index contributed by atoms with van der Waals surface area (Å²) in [4.78, 5) is -0.122. The zero-order chi connectivity index (χ0) is 13.3. The summed E-state index contributed by atoms with van der Waals surface area (Å²) >= 11 is 0. The Morgan fingerprint density at radius 3 is 2.42 bits per heavy atom. The molecule has 2 aromatic rings. The van der Waals surface area contributed by atoms with E-state index in [9.17, 15) is 13.0 Å². The van der Waals surface area contributed by atoms with E-state index in [1.165, 1.54) is 0 Å². The van der Waals surface area contributed by atoms with Gasteiger partial charge in [-0.05, 0) is 29.7 Å². The van der Waals surface area contributed by atoms with E-state index in [1.807, 2.05) is 12.1 Å². The molecule has 0 aromatic heterocycles. The molecule has 0 radical (unpaired) electrons. The Balaban J connectivity index is 0.00000180. The minimum absolute atomic E-state index is 0. The van der Waals surface area contributed by atoms with Crippen molar-refractivity contribution in [2.75, 3.05) is 0 Å². The standard InChI is InChI=1S/C14H14O3S.Li/c1-10(2)9-12-8-7-11-5-3-4-6-13(11)14(12)18(15,16)17;/h3-8H,1,9H2,2H3,(H,15,16,17);/q;+1/p-1. The summed E-state index contributed by atoms with van der Waals surface area (Å²) in [7, 11) is -4.50. The Kier molecular flexibility index (Phi) is 5.00. The van der Waals surface area contributed by atoms with Crippen molar-refractivity contribution in [3.8, 4) is 0 Å². The molecule has 0 unspecified atom stereocenters. The predicted molar refractivity (Wildman–Crippen MR) is 70.4 cm³/mol. The number of hydrogen-bond acceptors (Lipinski definition) is 3. The largest absolute Gasteiger partial charge is 1.00 e. The molecular formula is C14H13LiO3S. The van der Waals surface area contributed by atoms with Crippen LogP contribution in [0.1, 0.15) is 12.5 Å². The van der Waals surface area contributed by atoms with E-state index < -0.39 is 10.1 Å². The Hall–Kier alpha value is -1.05. The van der Waals surface area contributed by atoms with Crippen LogP contribution in [0.3, 0.4) is 0 Å². The van der Waals surface area contributed by atoms with Gasteiger partial charge in [0.1, 0.15) is 10.1 Å². The fourth-order valence-electron chi connectivity index (χ4n) is 2.05. The molecule has 5 heteroatoms. The molecule has 0 N–H and O–H groups in total. The van der Waals surface area contributed by atoms with Crippen LogP contribution < -0.4 is 18.9 Å². The average molecular weight is 268 g/mol. The summed E-state index contributed by atoms with van der Waals surface area (Å²) < 4.78 is 34.4. The molecule has 2 aromatic carbocycles. The zero-order valence-corrected chi connectivity index (χ0v) is 11.8. The third-order valence-corrected chi connectivity index (χ3v) is 3.69. The molecule has 2 rings (SSSR count). The van der Waals surface area contributed by atoms with Crippen molar-refractivity contribution in [2.24, 2.45) is 0 Å². The molecule has 3 nitrogen and oxygen atoms in total. The second-order valence-electron chi connectivity index (χ2n) is 4.36.